The zero-order valence-electron chi connectivity index (χ0n) is 11.0. The Morgan fingerprint density at radius 2 is 2.16 bits per heavy atom. The molecule has 0 radical (unpaired) electrons. The Labute approximate surface area is 118 Å². The van der Waals surface area contributed by atoms with Crippen molar-refractivity contribution >= 4 is 17.4 Å². The summed E-state index contributed by atoms with van der Waals surface area (Å²) in [5.74, 6) is 2.72. The van der Waals surface area contributed by atoms with E-state index in [9.17, 15) is 0 Å². The van der Waals surface area contributed by atoms with Crippen LogP contribution in [0.5, 0.6) is 0 Å². The van der Waals surface area contributed by atoms with Crippen molar-refractivity contribution in [2.45, 2.75) is 19.9 Å². The lowest BCUT2D eigenvalue weighted by Gasteiger charge is -2.40. The highest BCUT2D eigenvalue weighted by molar-refractivity contribution is 6.32. The van der Waals surface area contributed by atoms with Crippen molar-refractivity contribution in [1.29, 1.82) is 0 Å². The van der Waals surface area contributed by atoms with E-state index in [4.69, 9.17) is 11.6 Å². The number of hydrogen-bond donors (Lipinski definition) is 0. The van der Waals surface area contributed by atoms with E-state index in [0.29, 0.717) is 5.92 Å². The van der Waals surface area contributed by atoms with Gasteiger partial charge in [0.15, 0.2) is 0 Å². The van der Waals surface area contributed by atoms with E-state index in [0.717, 1.165) is 42.7 Å². The first-order chi connectivity index (χ1) is 9.28. The molecule has 0 amide bonds. The van der Waals surface area contributed by atoms with Gasteiger partial charge in [0.2, 0.25) is 0 Å². The number of anilines is 1. The van der Waals surface area contributed by atoms with Crippen LogP contribution < -0.4 is 4.90 Å². The molecule has 100 valence electrons. The van der Waals surface area contributed by atoms with E-state index in [2.05, 4.69) is 32.6 Å². The molecule has 0 aliphatic carbocycles. The number of rotatable bonds is 4. The molecule has 4 nitrogen and oxygen atoms in total. The van der Waals surface area contributed by atoms with Crippen molar-refractivity contribution < 1.29 is 0 Å². The van der Waals surface area contributed by atoms with Gasteiger partial charge in [0.25, 0.3) is 0 Å². The smallest absolute Gasteiger partial charge is 0.147 e. The lowest BCUT2D eigenvalue weighted by molar-refractivity contribution is 0.351. The zero-order valence-corrected chi connectivity index (χ0v) is 11.7. The van der Waals surface area contributed by atoms with Crippen molar-refractivity contribution in [1.82, 2.24) is 14.5 Å². The largest absolute Gasteiger partial charge is 0.355 e. The molecule has 0 N–H and O–H groups in total. The van der Waals surface area contributed by atoms with Gasteiger partial charge in [0.05, 0.1) is 5.02 Å². The minimum Gasteiger partial charge on any atom is -0.355 e. The average Bonchev–Trinajstić information content (AvgIpc) is 2.82. The highest BCUT2D eigenvalue weighted by atomic mass is 35.5. The number of hydrogen-bond acceptors (Lipinski definition) is 3. The number of imidazole rings is 1. The molecule has 2 aromatic rings. The Morgan fingerprint density at radius 3 is 2.89 bits per heavy atom. The Morgan fingerprint density at radius 1 is 1.32 bits per heavy atom. The summed E-state index contributed by atoms with van der Waals surface area (Å²) in [4.78, 5) is 10.9. The summed E-state index contributed by atoms with van der Waals surface area (Å²) in [6.07, 6.45) is 6.72. The van der Waals surface area contributed by atoms with Crippen LogP contribution in [0.4, 0.5) is 5.82 Å². The first-order valence-electron chi connectivity index (χ1n) is 6.63. The summed E-state index contributed by atoms with van der Waals surface area (Å²) in [6, 6.07) is 3.75. The number of pyridine rings is 1. The van der Waals surface area contributed by atoms with Crippen molar-refractivity contribution in [3.05, 3.63) is 41.6 Å². The van der Waals surface area contributed by atoms with Gasteiger partial charge in [0, 0.05) is 50.6 Å². The molecule has 3 heterocycles. The molecule has 1 aliphatic heterocycles. The normalized spacial score (nSPS) is 15.6. The minimum absolute atomic E-state index is 0.651. The van der Waals surface area contributed by atoms with Crippen LogP contribution in [0.1, 0.15) is 12.7 Å². The first kappa shape index (κ1) is 12.5. The standard InChI is InChI=1S/C14H17ClN4/c1-2-13-16-6-7-18(13)8-11-9-19(10-11)14-12(15)4-3-5-17-14/h3-7,11H,2,8-10H2,1H3. The third kappa shape index (κ3) is 2.45. The maximum Gasteiger partial charge on any atom is 0.147 e. The van der Waals surface area contributed by atoms with Gasteiger partial charge >= 0.3 is 0 Å². The van der Waals surface area contributed by atoms with Gasteiger partial charge in [0.1, 0.15) is 11.6 Å². The summed E-state index contributed by atoms with van der Waals surface area (Å²) in [7, 11) is 0. The molecule has 0 unspecified atom stereocenters. The quantitative estimate of drug-likeness (QED) is 0.861. The van der Waals surface area contributed by atoms with Crippen molar-refractivity contribution in [3.8, 4) is 0 Å². The van der Waals surface area contributed by atoms with E-state index in [-0.39, 0.29) is 0 Å². The highest BCUT2D eigenvalue weighted by Gasteiger charge is 2.29. The third-order valence-corrected chi connectivity index (χ3v) is 3.86. The van der Waals surface area contributed by atoms with E-state index in [1.165, 1.54) is 0 Å². The topological polar surface area (TPSA) is 34.0 Å². The van der Waals surface area contributed by atoms with Crippen LogP contribution in [-0.4, -0.2) is 27.6 Å². The monoisotopic (exact) mass is 276 g/mol. The molecule has 0 saturated carbocycles. The molecule has 1 aliphatic rings. The molecule has 3 rings (SSSR count). The van der Waals surface area contributed by atoms with Crippen LogP contribution in [0, 0.1) is 5.92 Å². The second-order valence-corrected chi connectivity index (χ2v) is 5.34. The summed E-state index contributed by atoms with van der Waals surface area (Å²) in [5, 5.41) is 0.734. The average molecular weight is 277 g/mol. The molecular weight excluding hydrogens is 260 g/mol. The minimum atomic E-state index is 0.651. The van der Waals surface area contributed by atoms with Gasteiger partial charge in [-0.2, -0.15) is 0 Å². The van der Waals surface area contributed by atoms with Gasteiger partial charge in [-0.15, -0.1) is 0 Å². The number of nitrogens with zero attached hydrogens (tertiary/aromatic N) is 4. The van der Waals surface area contributed by atoms with Gasteiger partial charge in [-0.05, 0) is 12.1 Å². The van der Waals surface area contributed by atoms with Crippen molar-refractivity contribution in [3.63, 3.8) is 0 Å². The lowest BCUT2D eigenvalue weighted by Crippen LogP contribution is -2.49. The Kier molecular flexibility index (Phi) is 3.42. The Bertz CT molecular complexity index is 560. The Hall–Kier alpha value is -1.55. The maximum atomic E-state index is 6.15. The van der Waals surface area contributed by atoms with Gasteiger partial charge in [-0.1, -0.05) is 18.5 Å². The molecular formula is C14H17ClN4. The fourth-order valence-corrected chi connectivity index (χ4v) is 2.81. The molecule has 0 aromatic carbocycles. The zero-order chi connectivity index (χ0) is 13.2. The van der Waals surface area contributed by atoms with E-state index in [1.54, 1.807) is 6.20 Å². The molecule has 0 bridgehead atoms. The van der Waals surface area contributed by atoms with Crippen LogP contribution in [0.3, 0.4) is 0 Å². The third-order valence-electron chi connectivity index (χ3n) is 3.57. The van der Waals surface area contributed by atoms with Gasteiger partial charge < -0.3 is 9.47 Å². The van der Waals surface area contributed by atoms with Crippen LogP contribution in [0.25, 0.3) is 0 Å². The molecule has 0 spiro atoms. The molecule has 19 heavy (non-hydrogen) atoms. The summed E-state index contributed by atoms with van der Waals surface area (Å²) >= 11 is 6.15. The van der Waals surface area contributed by atoms with E-state index >= 15 is 0 Å². The number of aromatic nitrogens is 3. The highest BCUT2D eigenvalue weighted by Crippen LogP contribution is 2.29. The Balaban J connectivity index is 1.60. The second kappa shape index (κ2) is 5.21. The van der Waals surface area contributed by atoms with Crippen LogP contribution in [-0.2, 0) is 13.0 Å². The second-order valence-electron chi connectivity index (χ2n) is 4.93. The molecule has 1 fully saturated rings. The molecule has 5 heteroatoms. The predicted octanol–water partition coefficient (Wildman–Crippen LogP) is 2.63. The van der Waals surface area contributed by atoms with Gasteiger partial charge in [-0.3, -0.25) is 0 Å². The maximum absolute atomic E-state index is 6.15. The first-order valence-corrected chi connectivity index (χ1v) is 7.01. The van der Waals surface area contributed by atoms with E-state index in [1.807, 2.05) is 18.3 Å². The fourth-order valence-electron chi connectivity index (χ4n) is 2.57. The lowest BCUT2D eigenvalue weighted by atomic mass is 10.00. The number of aryl methyl sites for hydroxylation is 1. The van der Waals surface area contributed by atoms with Crippen LogP contribution in [0.15, 0.2) is 30.7 Å². The number of halogens is 1. The fraction of sp³-hybridized carbons (Fsp3) is 0.429. The van der Waals surface area contributed by atoms with E-state index < -0.39 is 0 Å². The predicted molar refractivity (Wildman–Crippen MR) is 76.6 cm³/mol. The van der Waals surface area contributed by atoms with Crippen molar-refractivity contribution in [2.24, 2.45) is 5.92 Å². The summed E-state index contributed by atoms with van der Waals surface area (Å²) < 4.78 is 2.25. The molecule has 2 aromatic heterocycles. The van der Waals surface area contributed by atoms with Crippen LogP contribution in [0.2, 0.25) is 5.02 Å². The molecule has 0 atom stereocenters. The SMILES string of the molecule is CCc1nccn1CC1CN(c2ncccc2Cl)C1. The molecule has 1 saturated heterocycles. The van der Waals surface area contributed by atoms with Crippen LogP contribution >= 0.6 is 11.6 Å². The van der Waals surface area contributed by atoms with Gasteiger partial charge in [-0.25, -0.2) is 9.97 Å². The van der Waals surface area contributed by atoms with Crippen molar-refractivity contribution in [2.75, 3.05) is 18.0 Å². The summed E-state index contributed by atoms with van der Waals surface area (Å²) in [5.41, 5.74) is 0. The summed E-state index contributed by atoms with van der Waals surface area (Å²) in [6.45, 7) is 5.19.